The van der Waals surface area contributed by atoms with Gasteiger partial charge in [-0.15, -0.1) is 0 Å². The summed E-state index contributed by atoms with van der Waals surface area (Å²) in [6, 6.07) is 16.1. The number of fused-ring (bicyclic) bond motifs is 1. The molecule has 1 amide bonds. The molecule has 0 fully saturated rings. The minimum Gasteiger partial charge on any atom is -0.451 e. The minimum atomic E-state index is -0.805. The summed E-state index contributed by atoms with van der Waals surface area (Å²) in [5.41, 5.74) is 6.07. The van der Waals surface area contributed by atoms with Crippen LogP contribution >= 0.6 is 0 Å². The first kappa shape index (κ1) is 24.5. The number of hydrogen-bond donors (Lipinski definition) is 3. The predicted molar refractivity (Wildman–Crippen MR) is 135 cm³/mol. The van der Waals surface area contributed by atoms with E-state index >= 15 is 0 Å². The van der Waals surface area contributed by atoms with Crippen LogP contribution in [0.4, 0.5) is 11.5 Å². The Bertz CT molecular complexity index is 1520. The molecule has 0 saturated carbocycles. The molecule has 4 aromatic rings. The van der Waals surface area contributed by atoms with Gasteiger partial charge in [0.1, 0.15) is 5.82 Å². The first-order valence-corrected chi connectivity index (χ1v) is 11.3. The van der Waals surface area contributed by atoms with Gasteiger partial charge < -0.3 is 15.4 Å². The maximum absolute atomic E-state index is 13.2. The van der Waals surface area contributed by atoms with Crippen molar-refractivity contribution in [3.05, 3.63) is 86.7 Å². The van der Waals surface area contributed by atoms with Gasteiger partial charge in [0.05, 0.1) is 12.1 Å². The molecule has 2 aromatic carbocycles. The van der Waals surface area contributed by atoms with Crippen molar-refractivity contribution in [3.63, 3.8) is 0 Å². The molecule has 2 heterocycles. The van der Waals surface area contributed by atoms with Crippen LogP contribution < -0.4 is 21.9 Å². The molecule has 4 rings (SSSR count). The lowest BCUT2D eigenvalue weighted by Crippen LogP contribution is -2.44. The number of rotatable bonds is 8. The predicted octanol–water partition coefficient (Wildman–Crippen LogP) is 1.89. The van der Waals surface area contributed by atoms with Gasteiger partial charge in [0.2, 0.25) is 0 Å². The summed E-state index contributed by atoms with van der Waals surface area (Å²) < 4.78 is 6.42. The van der Waals surface area contributed by atoms with Crippen LogP contribution in [0, 0.1) is 5.92 Å². The molecule has 0 aliphatic carbocycles. The van der Waals surface area contributed by atoms with Gasteiger partial charge in [-0.2, -0.15) is 5.10 Å². The quantitative estimate of drug-likeness (QED) is 0.318. The van der Waals surface area contributed by atoms with Crippen molar-refractivity contribution < 1.29 is 14.3 Å². The number of anilines is 2. The maximum atomic E-state index is 13.2. The fourth-order valence-electron chi connectivity index (χ4n) is 3.84. The number of nitrogens with one attached hydrogen (secondary N) is 2. The lowest BCUT2D eigenvalue weighted by Gasteiger charge is -2.26. The molecule has 0 unspecified atom stereocenters. The number of esters is 1. The van der Waals surface area contributed by atoms with Crippen LogP contribution in [0.15, 0.2) is 64.2 Å². The first-order valence-electron chi connectivity index (χ1n) is 11.3. The molecule has 0 radical (unpaired) electrons. The molecule has 0 atom stereocenters. The topological polar surface area (TPSA) is 156 Å². The van der Waals surface area contributed by atoms with Crippen molar-refractivity contribution in [1.29, 1.82) is 0 Å². The molecule has 0 bridgehead atoms. The fourth-order valence-corrected chi connectivity index (χ4v) is 3.84. The number of ether oxygens (including phenoxy) is 1. The second kappa shape index (κ2) is 10.3. The van der Waals surface area contributed by atoms with E-state index in [1.54, 1.807) is 24.3 Å². The molecule has 0 aliphatic rings. The molecule has 0 saturated heterocycles. The molecule has 4 N–H and O–H groups in total. The Morgan fingerprint density at radius 3 is 2.50 bits per heavy atom. The maximum Gasteiger partial charge on any atom is 0.359 e. The third kappa shape index (κ3) is 5.04. The Kier molecular flexibility index (Phi) is 7.00. The van der Waals surface area contributed by atoms with Crippen LogP contribution in [-0.2, 0) is 16.1 Å². The van der Waals surface area contributed by atoms with Gasteiger partial charge >= 0.3 is 11.7 Å². The molecular weight excluding hydrogens is 464 g/mol. The van der Waals surface area contributed by atoms with E-state index in [1.807, 2.05) is 44.2 Å². The van der Waals surface area contributed by atoms with Crippen molar-refractivity contribution >= 4 is 34.3 Å². The zero-order valence-corrected chi connectivity index (χ0v) is 19.9. The SMILES string of the molecule is CC(C)CN(C(=O)COC(=O)c1n[nH]c2ccccc12)c1c(N)n(Cc2ccccc2)c(=O)[nH]c1=O. The molecule has 0 spiro atoms. The number of aromatic nitrogens is 4. The van der Waals surface area contributed by atoms with Crippen molar-refractivity contribution in [3.8, 4) is 0 Å². The highest BCUT2D eigenvalue weighted by Gasteiger charge is 2.27. The number of amides is 1. The summed E-state index contributed by atoms with van der Waals surface area (Å²) in [6.07, 6.45) is 0. The van der Waals surface area contributed by atoms with Crippen molar-refractivity contribution in [1.82, 2.24) is 19.7 Å². The number of hydrogen-bond acceptors (Lipinski definition) is 7. The highest BCUT2D eigenvalue weighted by atomic mass is 16.5. The number of benzene rings is 2. The highest BCUT2D eigenvalue weighted by molar-refractivity contribution is 6.03. The number of nitrogens with zero attached hydrogens (tertiary/aromatic N) is 3. The number of H-pyrrole nitrogens is 2. The van der Waals surface area contributed by atoms with E-state index in [4.69, 9.17) is 10.5 Å². The van der Waals surface area contributed by atoms with Gasteiger partial charge in [0.15, 0.2) is 18.0 Å². The number of para-hydroxylation sites is 1. The monoisotopic (exact) mass is 490 g/mol. The van der Waals surface area contributed by atoms with Crippen LogP contribution in [0.5, 0.6) is 0 Å². The number of aromatic amines is 2. The van der Waals surface area contributed by atoms with E-state index in [0.29, 0.717) is 10.9 Å². The Hall–Kier alpha value is -4.67. The second-order valence-electron chi connectivity index (χ2n) is 8.66. The van der Waals surface area contributed by atoms with Crippen molar-refractivity contribution in [2.24, 2.45) is 5.92 Å². The summed E-state index contributed by atoms with van der Waals surface area (Å²) in [7, 11) is 0. The van der Waals surface area contributed by atoms with Gasteiger partial charge in [-0.1, -0.05) is 62.4 Å². The van der Waals surface area contributed by atoms with Crippen molar-refractivity contribution in [2.45, 2.75) is 20.4 Å². The number of carbonyl (C=O) groups excluding carboxylic acids is 2. The Morgan fingerprint density at radius 2 is 1.78 bits per heavy atom. The van der Waals surface area contributed by atoms with E-state index in [9.17, 15) is 19.2 Å². The van der Waals surface area contributed by atoms with Crippen LogP contribution in [0.3, 0.4) is 0 Å². The highest BCUT2D eigenvalue weighted by Crippen LogP contribution is 2.20. The molecule has 36 heavy (non-hydrogen) atoms. The van der Waals surface area contributed by atoms with Gasteiger partial charge in [-0.05, 0) is 17.5 Å². The Labute approximate surface area is 205 Å². The van der Waals surface area contributed by atoms with E-state index < -0.39 is 29.7 Å². The van der Waals surface area contributed by atoms with Crippen LogP contribution in [-0.4, -0.2) is 44.8 Å². The average Bonchev–Trinajstić information content (AvgIpc) is 3.29. The first-order chi connectivity index (χ1) is 17.3. The van der Waals surface area contributed by atoms with Crippen LogP contribution in [0.25, 0.3) is 10.9 Å². The Morgan fingerprint density at radius 1 is 1.08 bits per heavy atom. The summed E-state index contributed by atoms with van der Waals surface area (Å²) in [6.45, 7) is 3.27. The standard InChI is InChI=1S/C25H26N6O5/c1-15(2)12-30(19(32)14-36-24(34)20-17-10-6-7-11-18(17)28-29-20)21-22(26)31(25(35)27-23(21)33)13-16-8-4-3-5-9-16/h3-11,15H,12-14,26H2,1-2H3,(H,28,29)(H,27,33,35). The number of nitrogen functional groups attached to an aromatic ring is 1. The zero-order valence-electron chi connectivity index (χ0n) is 19.9. The minimum absolute atomic E-state index is 0.0441. The van der Waals surface area contributed by atoms with Crippen LogP contribution in [0.1, 0.15) is 29.9 Å². The second-order valence-corrected chi connectivity index (χ2v) is 8.66. The molecule has 2 aromatic heterocycles. The lowest BCUT2D eigenvalue weighted by molar-refractivity contribution is -0.121. The number of nitrogens with two attached hydrogens (primary N) is 1. The molecular formula is C25H26N6O5. The molecule has 11 nitrogen and oxygen atoms in total. The van der Waals surface area contributed by atoms with Gasteiger partial charge in [-0.3, -0.25) is 24.2 Å². The molecule has 11 heteroatoms. The van der Waals surface area contributed by atoms with E-state index in [1.165, 1.54) is 4.57 Å². The van der Waals surface area contributed by atoms with Gasteiger partial charge in [-0.25, -0.2) is 9.59 Å². The van der Waals surface area contributed by atoms with E-state index in [0.717, 1.165) is 10.5 Å². The van der Waals surface area contributed by atoms with E-state index in [2.05, 4.69) is 15.2 Å². The average molecular weight is 491 g/mol. The van der Waals surface area contributed by atoms with Crippen LogP contribution in [0.2, 0.25) is 0 Å². The molecule has 186 valence electrons. The van der Waals surface area contributed by atoms with Crippen molar-refractivity contribution in [2.75, 3.05) is 23.8 Å². The number of carbonyl (C=O) groups is 2. The third-order valence-corrected chi connectivity index (χ3v) is 5.51. The third-order valence-electron chi connectivity index (χ3n) is 5.51. The summed E-state index contributed by atoms with van der Waals surface area (Å²) in [5.74, 6) is -1.68. The summed E-state index contributed by atoms with van der Waals surface area (Å²) in [4.78, 5) is 54.5. The fraction of sp³-hybridized carbons (Fsp3) is 0.240. The van der Waals surface area contributed by atoms with Gasteiger partial charge in [0.25, 0.3) is 11.5 Å². The van der Waals surface area contributed by atoms with E-state index in [-0.39, 0.29) is 36.2 Å². The zero-order chi connectivity index (χ0) is 25.8. The summed E-state index contributed by atoms with van der Waals surface area (Å²) >= 11 is 0. The largest absolute Gasteiger partial charge is 0.451 e. The normalized spacial score (nSPS) is 11.1. The lowest BCUT2D eigenvalue weighted by atomic mass is 10.2. The smallest absolute Gasteiger partial charge is 0.359 e. The molecule has 0 aliphatic heterocycles. The van der Waals surface area contributed by atoms with Gasteiger partial charge in [0, 0.05) is 11.9 Å². The summed E-state index contributed by atoms with van der Waals surface area (Å²) in [5, 5.41) is 7.27. The Balaban J connectivity index is 1.62.